The normalized spacial score (nSPS) is 12.6. The lowest BCUT2D eigenvalue weighted by Gasteiger charge is -2.10. The molecule has 0 aliphatic rings. The van der Waals surface area contributed by atoms with Crippen LogP contribution in [0.5, 0.6) is 0 Å². The van der Waals surface area contributed by atoms with E-state index in [4.69, 9.17) is 10.3 Å². The SMILES string of the molecule is CC(c1ccc(-c2ccccc2)c(F)c1)c1cc(NC(N)=NCC(=O)[O-])no1. The molecule has 0 saturated carbocycles. The maximum absolute atomic E-state index is 14.6. The van der Waals surface area contributed by atoms with Crippen LogP contribution in [0.3, 0.4) is 0 Å². The third kappa shape index (κ3) is 4.53. The number of hydrogen-bond donors (Lipinski definition) is 2. The lowest BCUT2D eigenvalue weighted by atomic mass is 9.95. The minimum absolute atomic E-state index is 0.130. The summed E-state index contributed by atoms with van der Waals surface area (Å²) in [4.78, 5) is 14.0. The largest absolute Gasteiger partial charge is 0.548 e. The topological polar surface area (TPSA) is 117 Å². The first-order chi connectivity index (χ1) is 13.4. The number of carboxylic acid groups (broad SMARTS) is 1. The zero-order valence-electron chi connectivity index (χ0n) is 15.1. The van der Waals surface area contributed by atoms with Crippen molar-refractivity contribution in [3.63, 3.8) is 0 Å². The molecule has 0 bridgehead atoms. The first kappa shape index (κ1) is 19.1. The molecule has 1 aromatic heterocycles. The Morgan fingerprint density at radius 1 is 1.29 bits per heavy atom. The number of nitrogens with one attached hydrogen (secondary N) is 1. The first-order valence-electron chi connectivity index (χ1n) is 8.52. The van der Waals surface area contributed by atoms with Gasteiger partial charge in [-0.25, -0.2) is 9.38 Å². The van der Waals surface area contributed by atoms with Crippen LogP contribution in [0.15, 0.2) is 64.1 Å². The Morgan fingerprint density at radius 3 is 2.71 bits per heavy atom. The van der Waals surface area contributed by atoms with Gasteiger partial charge in [-0.05, 0) is 17.2 Å². The number of aromatic nitrogens is 1. The monoisotopic (exact) mass is 381 g/mol. The summed E-state index contributed by atoms with van der Waals surface area (Å²) < 4.78 is 19.9. The van der Waals surface area contributed by atoms with Crippen molar-refractivity contribution in [2.75, 3.05) is 11.9 Å². The van der Waals surface area contributed by atoms with Crippen molar-refractivity contribution in [1.29, 1.82) is 0 Å². The van der Waals surface area contributed by atoms with E-state index < -0.39 is 12.5 Å². The van der Waals surface area contributed by atoms with Crippen molar-refractivity contribution in [3.8, 4) is 11.1 Å². The molecule has 3 N–H and O–H groups in total. The van der Waals surface area contributed by atoms with Crippen LogP contribution < -0.4 is 16.2 Å². The Morgan fingerprint density at radius 2 is 2.04 bits per heavy atom. The molecule has 7 nitrogen and oxygen atoms in total. The molecule has 0 aliphatic carbocycles. The van der Waals surface area contributed by atoms with E-state index in [2.05, 4.69) is 15.5 Å². The lowest BCUT2D eigenvalue weighted by Crippen LogP contribution is -2.29. The van der Waals surface area contributed by atoms with E-state index in [0.717, 1.165) is 11.1 Å². The number of aliphatic imine (C=N–C) groups is 1. The third-order valence-electron chi connectivity index (χ3n) is 4.17. The number of nitrogens with two attached hydrogens (primary N) is 1. The molecule has 0 radical (unpaired) electrons. The maximum atomic E-state index is 14.6. The Kier molecular flexibility index (Phi) is 5.69. The van der Waals surface area contributed by atoms with Gasteiger partial charge < -0.3 is 25.5 Å². The molecule has 28 heavy (non-hydrogen) atoms. The van der Waals surface area contributed by atoms with Crippen LogP contribution in [-0.2, 0) is 4.79 Å². The van der Waals surface area contributed by atoms with E-state index in [1.54, 1.807) is 12.1 Å². The highest BCUT2D eigenvalue weighted by atomic mass is 19.1. The second kappa shape index (κ2) is 8.34. The van der Waals surface area contributed by atoms with Crippen LogP contribution in [0.4, 0.5) is 10.2 Å². The Bertz CT molecular complexity index is 1000. The van der Waals surface area contributed by atoms with Crippen LogP contribution in [0.2, 0.25) is 0 Å². The summed E-state index contributed by atoms with van der Waals surface area (Å²) in [5, 5.41) is 16.8. The molecule has 3 aromatic rings. The van der Waals surface area contributed by atoms with Crippen LogP contribution in [0, 0.1) is 5.82 Å². The van der Waals surface area contributed by atoms with E-state index in [9.17, 15) is 14.3 Å². The molecular weight excluding hydrogens is 363 g/mol. The number of anilines is 1. The van der Waals surface area contributed by atoms with Gasteiger partial charge in [-0.15, -0.1) is 0 Å². The quantitative estimate of drug-likeness (QED) is 0.499. The number of benzene rings is 2. The van der Waals surface area contributed by atoms with E-state index in [-0.39, 0.29) is 23.5 Å². The summed E-state index contributed by atoms with van der Waals surface area (Å²) in [7, 11) is 0. The van der Waals surface area contributed by atoms with E-state index >= 15 is 0 Å². The predicted molar refractivity (Wildman–Crippen MR) is 101 cm³/mol. The number of carbonyl (C=O) groups excluding carboxylic acids is 1. The molecule has 1 unspecified atom stereocenters. The van der Waals surface area contributed by atoms with Crippen LogP contribution in [0.1, 0.15) is 24.2 Å². The molecule has 0 spiro atoms. The third-order valence-corrected chi connectivity index (χ3v) is 4.17. The zero-order chi connectivity index (χ0) is 20.1. The van der Waals surface area contributed by atoms with Gasteiger partial charge in [-0.2, -0.15) is 0 Å². The number of hydrogen-bond acceptors (Lipinski definition) is 5. The van der Waals surface area contributed by atoms with Gasteiger partial charge in [0.05, 0.1) is 12.5 Å². The summed E-state index contributed by atoms with van der Waals surface area (Å²) in [5.41, 5.74) is 7.60. The molecule has 1 atom stereocenters. The number of rotatable bonds is 6. The van der Waals surface area contributed by atoms with Crippen molar-refractivity contribution < 1.29 is 18.8 Å². The Labute approximate surface area is 160 Å². The lowest BCUT2D eigenvalue weighted by molar-refractivity contribution is -0.303. The average molecular weight is 381 g/mol. The number of halogens is 1. The van der Waals surface area contributed by atoms with Gasteiger partial charge in [-0.3, -0.25) is 0 Å². The number of guanidine groups is 1. The predicted octanol–water partition coefficient (Wildman–Crippen LogP) is 2.11. The summed E-state index contributed by atoms with van der Waals surface area (Å²) in [6, 6.07) is 15.9. The Balaban J connectivity index is 1.75. The summed E-state index contributed by atoms with van der Waals surface area (Å²) in [6.07, 6.45) is 0. The summed E-state index contributed by atoms with van der Waals surface area (Å²) in [5.74, 6) is -1.31. The molecule has 2 aromatic carbocycles. The Hall–Kier alpha value is -3.68. The van der Waals surface area contributed by atoms with E-state index in [1.165, 1.54) is 6.07 Å². The number of carbonyl (C=O) groups is 1. The highest BCUT2D eigenvalue weighted by Crippen LogP contribution is 2.30. The standard InChI is InChI=1S/C20H19FN4O3/c1-12(17-10-18(25-28-17)24-20(22)23-11-19(26)27)14-7-8-15(16(21)9-14)13-5-3-2-4-6-13/h2-10,12H,11H2,1H3,(H,26,27)(H3,22,23,24,25)/p-1. The molecular formula is C20H18FN4O3-. The minimum Gasteiger partial charge on any atom is -0.548 e. The van der Waals surface area contributed by atoms with Crippen molar-refractivity contribution >= 4 is 17.7 Å². The molecule has 8 heteroatoms. The fourth-order valence-corrected chi connectivity index (χ4v) is 2.69. The van der Waals surface area contributed by atoms with Gasteiger partial charge in [0.1, 0.15) is 11.6 Å². The molecule has 0 aliphatic heterocycles. The van der Waals surface area contributed by atoms with Crippen LogP contribution >= 0.6 is 0 Å². The minimum atomic E-state index is -1.35. The molecule has 0 fully saturated rings. The molecule has 0 amide bonds. The van der Waals surface area contributed by atoms with Crippen molar-refractivity contribution in [1.82, 2.24) is 5.16 Å². The molecule has 144 valence electrons. The maximum Gasteiger partial charge on any atom is 0.194 e. The smallest absolute Gasteiger partial charge is 0.194 e. The molecule has 0 saturated heterocycles. The van der Waals surface area contributed by atoms with E-state index in [0.29, 0.717) is 11.3 Å². The fourth-order valence-electron chi connectivity index (χ4n) is 2.69. The fraction of sp³-hybridized carbons (Fsp3) is 0.150. The van der Waals surface area contributed by atoms with E-state index in [1.807, 2.05) is 43.3 Å². The van der Waals surface area contributed by atoms with Gasteiger partial charge in [-0.1, -0.05) is 54.5 Å². The van der Waals surface area contributed by atoms with Gasteiger partial charge in [0.15, 0.2) is 11.8 Å². The highest BCUT2D eigenvalue weighted by molar-refractivity contribution is 5.92. The summed E-state index contributed by atoms with van der Waals surface area (Å²) >= 11 is 0. The number of aliphatic carboxylic acids is 1. The van der Waals surface area contributed by atoms with Gasteiger partial charge >= 0.3 is 0 Å². The van der Waals surface area contributed by atoms with Crippen molar-refractivity contribution in [3.05, 3.63) is 71.7 Å². The zero-order valence-corrected chi connectivity index (χ0v) is 15.1. The highest BCUT2D eigenvalue weighted by Gasteiger charge is 2.17. The second-order valence-corrected chi connectivity index (χ2v) is 6.14. The van der Waals surface area contributed by atoms with Crippen molar-refractivity contribution in [2.24, 2.45) is 10.7 Å². The number of nitrogens with zero attached hydrogens (tertiary/aromatic N) is 2. The van der Waals surface area contributed by atoms with Gasteiger partial charge in [0.25, 0.3) is 0 Å². The van der Waals surface area contributed by atoms with Gasteiger partial charge in [0, 0.05) is 17.5 Å². The molecule has 1 heterocycles. The summed E-state index contributed by atoms with van der Waals surface area (Å²) in [6.45, 7) is 1.29. The first-order valence-corrected chi connectivity index (χ1v) is 8.52. The van der Waals surface area contributed by atoms with Crippen molar-refractivity contribution in [2.45, 2.75) is 12.8 Å². The van der Waals surface area contributed by atoms with Gasteiger partial charge in [0.2, 0.25) is 0 Å². The second-order valence-electron chi connectivity index (χ2n) is 6.14. The van der Waals surface area contributed by atoms with Crippen LogP contribution in [0.25, 0.3) is 11.1 Å². The molecule has 3 rings (SSSR count). The number of carboxylic acids is 1. The average Bonchev–Trinajstić information content (AvgIpc) is 3.14. The van der Waals surface area contributed by atoms with Crippen LogP contribution in [-0.4, -0.2) is 23.6 Å².